The lowest BCUT2D eigenvalue weighted by Crippen LogP contribution is -2.09. The number of hydrogen-bond donors (Lipinski definition) is 0. The Morgan fingerprint density at radius 1 is 0.812 bits per heavy atom. The predicted molar refractivity (Wildman–Crippen MR) is 135 cm³/mol. The van der Waals surface area contributed by atoms with Gasteiger partial charge in [0.15, 0.2) is 0 Å². The maximum atomic E-state index is 6.60. The molecule has 1 aliphatic rings. The van der Waals surface area contributed by atoms with Crippen molar-refractivity contribution in [2.45, 2.75) is 41.0 Å². The number of nitrogens with zero attached hydrogens (tertiary/aromatic N) is 1. The molecule has 2 heterocycles. The summed E-state index contributed by atoms with van der Waals surface area (Å²) >= 11 is 0. The fraction of sp³-hybridized carbons (Fsp3) is 0.233. The number of aryl methyl sites for hydroxylation is 2. The van der Waals surface area contributed by atoms with Crippen LogP contribution < -0.4 is 4.74 Å². The maximum absolute atomic E-state index is 6.60. The molecule has 32 heavy (non-hydrogen) atoms. The molecule has 6 rings (SSSR count). The van der Waals surface area contributed by atoms with E-state index in [-0.39, 0.29) is 5.41 Å². The molecule has 158 valence electrons. The van der Waals surface area contributed by atoms with Gasteiger partial charge in [0, 0.05) is 17.3 Å². The molecule has 0 unspecified atom stereocenters. The van der Waals surface area contributed by atoms with Crippen LogP contribution in [0.2, 0.25) is 0 Å². The molecule has 4 aromatic carbocycles. The van der Waals surface area contributed by atoms with Crippen LogP contribution in [0.4, 0.5) is 0 Å². The lowest BCUT2D eigenvalue weighted by molar-refractivity contribution is 0.411. The van der Waals surface area contributed by atoms with Crippen molar-refractivity contribution >= 4 is 32.3 Å². The number of hydrogen-bond acceptors (Lipinski definition) is 2. The Balaban J connectivity index is 1.66. The van der Waals surface area contributed by atoms with Gasteiger partial charge in [0.05, 0.1) is 11.1 Å². The van der Waals surface area contributed by atoms with E-state index in [0.29, 0.717) is 0 Å². The molecule has 0 bridgehead atoms. The van der Waals surface area contributed by atoms with Gasteiger partial charge in [-0.15, -0.1) is 0 Å². The number of benzene rings is 4. The second kappa shape index (κ2) is 6.56. The van der Waals surface area contributed by atoms with E-state index in [9.17, 15) is 0 Å². The van der Waals surface area contributed by atoms with Gasteiger partial charge in [-0.2, -0.15) is 0 Å². The average Bonchev–Trinajstić information content (AvgIpc) is 2.74. The van der Waals surface area contributed by atoms with E-state index in [1.165, 1.54) is 43.6 Å². The van der Waals surface area contributed by atoms with Crippen LogP contribution >= 0.6 is 0 Å². The summed E-state index contributed by atoms with van der Waals surface area (Å²) in [6.07, 6.45) is 3.00. The fourth-order valence-corrected chi connectivity index (χ4v) is 5.22. The van der Waals surface area contributed by atoms with Crippen LogP contribution in [0.5, 0.6) is 11.5 Å². The summed E-state index contributed by atoms with van der Waals surface area (Å²) in [5, 5.41) is 7.28. The lowest BCUT2D eigenvalue weighted by Gasteiger charge is -2.24. The van der Waals surface area contributed by atoms with Gasteiger partial charge in [-0.1, -0.05) is 62.7 Å². The van der Waals surface area contributed by atoms with Gasteiger partial charge >= 0.3 is 0 Å². The summed E-state index contributed by atoms with van der Waals surface area (Å²) in [6, 6.07) is 20.0. The van der Waals surface area contributed by atoms with Crippen molar-refractivity contribution in [3.05, 3.63) is 77.5 Å². The SMILES string of the molecule is Cc1ccc2c(C)c3c(cc2c1)-c1nccc2c1c(cc1ccc(CC(C)(C)C)cc12)O3. The highest BCUT2D eigenvalue weighted by molar-refractivity contribution is 6.16. The van der Waals surface area contributed by atoms with Crippen molar-refractivity contribution in [1.29, 1.82) is 0 Å². The minimum atomic E-state index is 0.250. The van der Waals surface area contributed by atoms with Crippen LogP contribution in [-0.4, -0.2) is 4.98 Å². The molecule has 0 atom stereocenters. The Bertz CT molecular complexity index is 1570. The van der Waals surface area contributed by atoms with Crippen LogP contribution in [0.3, 0.4) is 0 Å². The molecular weight excluding hydrogens is 390 g/mol. The zero-order chi connectivity index (χ0) is 22.2. The van der Waals surface area contributed by atoms with Crippen molar-refractivity contribution in [2.75, 3.05) is 0 Å². The van der Waals surface area contributed by atoms with Crippen molar-refractivity contribution in [3.63, 3.8) is 0 Å². The zero-order valence-corrected chi connectivity index (χ0v) is 19.3. The topological polar surface area (TPSA) is 22.1 Å². The van der Waals surface area contributed by atoms with Crippen LogP contribution in [0.25, 0.3) is 43.6 Å². The van der Waals surface area contributed by atoms with Gasteiger partial charge in [-0.05, 0) is 76.4 Å². The first-order valence-corrected chi connectivity index (χ1v) is 11.3. The van der Waals surface area contributed by atoms with Crippen LogP contribution in [-0.2, 0) is 6.42 Å². The maximum Gasteiger partial charge on any atom is 0.140 e. The van der Waals surface area contributed by atoms with Crippen LogP contribution in [0.1, 0.15) is 37.5 Å². The van der Waals surface area contributed by atoms with Crippen LogP contribution in [0.15, 0.2) is 60.8 Å². The Hall–Kier alpha value is -3.39. The van der Waals surface area contributed by atoms with Gasteiger partial charge in [-0.25, -0.2) is 0 Å². The van der Waals surface area contributed by atoms with E-state index in [1.807, 2.05) is 6.20 Å². The molecule has 0 amide bonds. The molecule has 0 spiro atoms. The van der Waals surface area contributed by atoms with Gasteiger partial charge in [0.2, 0.25) is 0 Å². The normalized spacial score (nSPS) is 12.9. The van der Waals surface area contributed by atoms with Gasteiger partial charge in [0.25, 0.3) is 0 Å². The summed E-state index contributed by atoms with van der Waals surface area (Å²) in [5.41, 5.74) is 6.16. The largest absolute Gasteiger partial charge is 0.456 e. The molecule has 0 fully saturated rings. The van der Waals surface area contributed by atoms with Gasteiger partial charge in [0.1, 0.15) is 11.5 Å². The molecule has 0 saturated carbocycles. The molecule has 5 aromatic rings. The van der Waals surface area contributed by atoms with E-state index in [4.69, 9.17) is 9.72 Å². The van der Waals surface area contributed by atoms with Crippen molar-refractivity contribution in [3.8, 4) is 22.8 Å². The van der Waals surface area contributed by atoms with E-state index in [0.717, 1.165) is 34.6 Å². The van der Waals surface area contributed by atoms with E-state index < -0.39 is 0 Å². The summed E-state index contributed by atoms with van der Waals surface area (Å²) in [7, 11) is 0. The third-order valence-electron chi connectivity index (χ3n) is 6.59. The highest BCUT2D eigenvalue weighted by atomic mass is 16.5. The molecule has 1 aromatic heterocycles. The predicted octanol–water partition coefficient (Wildman–Crippen LogP) is 8.52. The van der Waals surface area contributed by atoms with Crippen LogP contribution in [0, 0.1) is 19.3 Å². The second-order valence-electron chi connectivity index (χ2n) is 10.5. The fourth-order valence-electron chi connectivity index (χ4n) is 5.22. The molecule has 0 radical (unpaired) electrons. The summed E-state index contributed by atoms with van der Waals surface area (Å²) in [5.74, 6) is 1.83. The van der Waals surface area contributed by atoms with Crippen molar-refractivity contribution in [2.24, 2.45) is 5.41 Å². The van der Waals surface area contributed by atoms with Gasteiger partial charge in [-0.3, -0.25) is 4.98 Å². The summed E-state index contributed by atoms with van der Waals surface area (Å²) < 4.78 is 6.60. The average molecular weight is 418 g/mol. The first-order chi connectivity index (χ1) is 15.3. The summed E-state index contributed by atoms with van der Waals surface area (Å²) in [6.45, 7) is 11.2. The number of ether oxygens (including phenoxy) is 1. The van der Waals surface area contributed by atoms with E-state index >= 15 is 0 Å². The van der Waals surface area contributed by atoms with Gasteiger partial charge < -0.3 is 4.74 Å². The highest BCUT2D eigenvalue weighted by Crippen LogP contribution is 2.50. The second-order valence-corrected chi connectivity index (χ2v) is 10.5. The lowest BCUT2D eigenvalue weighted by atomic mass is 9.86. The van der Waals surface area contributed by atoms with Crippen molar-refractivity contribution < 1.29 is 4.74 Å². The number of pyridine rings is 1. The Morgan fingerprint density at radius 2 is 1.66 bits per heavy atom. The number of rotatable bonds is 1. The molecule has 1 aliphatic heterocycles. The zero-order valence-electron chi connectivity index (χ0n) is 19.3. The van der Waals surface area contributed by atoms with Crippen molar-refractivity contribution in [1.82, 2.24) is 4.98 Å². The first-order valence-electron chi connectivity index (χ1n) is 11.3. The summed E-state index contributed by atoms with van der Waals surface area (Å²) in [4.78, 5) is 4.86. The smallest absolute Gasteiger partial charge is 0.140 e. The third kappa shape index (κ3) is 2.90. The van der Waals surface area contributed by atoms with E-state index in [2.05, 4.69) is 89.2 Å². The Kier molecular flexibility index (Phi) is 3.96. The molecule has 2 heteroatoms. The first kappa shape index (κ1) is 19.3. The minimum Gasteiger partial charge on any atom is -0.456 e. The molecule has 0 N–H and O–H groups in total. The quantitative estimate of drug-likeness (QED) is 0.250. The Labute approximate surface area is 188 Å². The minimum absolute atomic E-state index is 0.250. The molecular formula is C30H27NO. The molecule has 0 saturated heterocycles. The number of fused-ring (bicyclic) bond motifs is 5. The molecule has 2 nitrogen and oxygen atoms in total. The third-order valence-corrected chi connectivity index (χ3v) is 6.59. The standard InChI is InChI=1S/C30H27NO/c1-17-6-9-22-18(2)29-25(14-21(22)12-17)28-27-23(10-11-31-28)24-13-19(16-30(3,4)5)7-8-20(24)15-26(27)32-29/h6-15H,16H2,1-5H3. The number of aromatic nitrogens is 1. The highest BCUT2D eigenvalue weighted by Gasteiger charge is 2.25. The monoisotopic (exact) mass is 417 g/mol. The van der Waals surface area contributed by atoms with E-state index in [1.54, 1.807) is 0 Å². The Morgan fingerprint density at radius 3 is 2.47 bits per heavy atom. The molecule has 0 aliphatic carbocycles.